The standard InChI is InChI=1S/C46H31N3/c1-6-17-32(18-7-1)40-31-41-38(36-29-42(33-19-8-2-9-20-33)47-43(30-36)34-21-10-3-11-22-34)27-16-28-39(41)46-44(40)45(35-23-12-4-13-24-35)48-49(46)37-25-14-5-15-26-37/h1-31H. The molecule has 2 aromatic heterocycles. The lowest BCUT2D eigenvalue weighted by Gasteiger charge is -2.15. The molecule has 0 aliphatic heterocycles. The molecule has 9 rings (SSSR count). The van der Waals surface area contributed by atoms with Crippen molar-refractivity contribution in [3.63, 3.8) is 0 Å². The fourth-order valence-electron chi connectivity index (χ4n) is 6.92. The third kappa shape index (κ3) is 5.18. The Morgan fingerprint density at radius 1 is 0.367 bits per heavy atom. The SMILES string of the molecule is c1ccc(-c2cc(-c3cccc4c3cc(-c3ccccc3)c3c(-c5ccccc5)nn(-c5ccccc5)c34)cc(-c3ccccc3)n2)cc1. The molecule has 0 radical (unpaired) electrons. The van der Waals surface area contributed by atoms with Crippen molar-refractivity contribution < 1.29 is 0 Å². The van der Waals surface area contributed by atoms with Crippen LogP contribution < -0.4 is 0 Å². The first kappa shape index (κ1) is 28.6. The van der Waals surface area contributed by atoms with Crippen molar-refractivity contribution in [3.8, 4) is 61.7 Å². The van der Waals surface area contributed by atoms with E-state index in [0.29, 0.717) is 0 Å². The third-order valence-corrected chi connectivity index (χ3v) is 9.21. The van der Waals surface area contributed by atoms with Gasteiger partial charge < -0.3 is 0 Å². The number of hydrogen-bond donors (Lipinski definition) is 0. The van der Waals surface area contributed by atoms with Gasteiger partial charge in [0, 0.05) is 27.5 Å². The lowest BCUT2D eigenvalue weighted by Crippen LogP contribution is -1.97. The zero-order chi connectivity index (χ0) is 32.6. The lowest BCUT2D eigenvalue weighted by atomic mass is 9.90. The van der Waals surface area contributed by atoms with Crippen molar-refractivity contribution in [2.24, 2.45) is 0 Å². The Balaban J connectivity index is 1.41. The predicted octanol–water partition coefficient (Wildman–Crippen LogP) is 11.9. The fourth-order valence-corrected chi connectivity index (χ4v) is 6.92. The molecule has 0 aliphatic carbocycles. The third-order valence-electron chi connectivity index (χ3n) is 9.21. The molecule has 0 spiro atoms. The maximum absolute atomic E-state index is 5.38. The molecular formula is C46H31N3. The first-order valence-corrected chi connectivity index (χ1v) is 16.6. The lowest BCUT2D eigenvalue weighted by molar-refractivity contribution is 0.918. The smallest absolute Gasteiger partial charge is 0.101 e. The number of pyridine rings is 1. The molecule has 0 N–H and O–H groups in total. The van der Waals surface area contributed by atoms with Crippen LogP contribution in [0.4, 0.5) is 0 Å². The van der Waals surface area contributed by atoms with Crippen LogP contribution in [0.2, 0.25) is 0 Å². The van der Waals surface area contributed by atoms with E-state index in [1.807, 2.05) is 12.1 Å². The van der Waals surface area contributed by atoms with Gasteiger partial charge in [0.05, 0.1) is 22.6 Å². The molecule has 0 atom stereocenters. The Labute approximate surface area is 285 Å². The summed E-state index contributed by atoms with van der Waals surface area (Å²) in [6.07, 6.45) is 0. The Morgan fingerprint density at radius 2 is 0.878 bits per heavy atom. The summed E-state index contributed by atoms with van der Waals surface area (Å²) in [6.45, 7) is 0. The molecule has 0 fully saturated rings. The monoisotopic (exact) mass is 625 g/mol. The number of fused-ring (bicyclic) bond motifs is 3. The maximum Gasteiger partial charge on any atom is 0.101 e. The second kappa shape index (κ2) is 12.2. The Bertz CT molecular complexity index is 2500. The molecule has 3 heteroatoms. The first-order chi connectivity index (χ1) is 24.3. The van der Waals surface area contributed by atoms with Crippen LogP contribution in [0.3, 0.4) is 0 Å². The molecular weight excluding hydrogens is 595 g/mol. The van der Waals surface area contributed by atoms with Crippen LogP contribution in [0.5, 0.6) is 0 Å². The topological polar surface area (TPSA) is 30.7 Å². The van der Waals surface area contributed by atoms with Crippen molar-refractivity contribution in [1.29, 1.82) is 0 Å². The highest BCUT2D eigenvalue weighted by atomic mass is 15.3. The van der Waals surface area contributed by atoms with E-state index in [1.165, 1.54) is 0 Å². The summed E-state index contributed by atoms with van der Waals surface area (Å²) in [5.74, 6) is 0. The van der Waals surface area contributed by atoms with E-state index >= 15 is 0 Å². The summed E-state index contributed by atoms with van der Waals surface area (Å²) in [7, 11) is 0. The average Bonchev–Trinajstić information content (AvgIpc) is 3.60. The van der Waals surface area contributed by atoms with Gasteiger partial charge in [0.15, 0.2) is 0 Å². The molecule has 230 valence electrons. The average molecular weight is 626 g/mol. The molecule has 7 aromatic carbocycles. The molecule has 0 unspecified atom stereocenters. The molecule has 0 amide bonds. The molecule has 0 saturated carbocycles. The molecule has 9 aromatic rings. The Hall–Kier alpha value is -6.58. The number of para-hydroxylation sites is 1. The molecule has 0 saturated heterocycles. The minimum absolute atomic E-state index is 0.944. The van der Waals surface area contributed by atoms with Crippen LogP contribution in [0.25, 0.3) is 83.4 Å². The Kier molecular flexibility index (Phi) is 7.14. The second-order valence-electron chi connectivity index (χ2n) is 12.2. The van der Waals surface area contributed by atoms with Crippen LogP contribution >= 0.6 is 0 Å². The highest BCUT2D eigenvalue weighted by Gasteiger charge is 2.22. The highest BCUT2D eigenvalue weighted by Crippen LogP contribution is 2.44. The van der Waals surface area contributed by atoms with Crippen LogP contribution in [-0.4, -0.2) is 14.8 Å². The molecule has 0 aliphatic rings. The van der Waals surface area contributed by atoms with Gasteiger partial charge in [-0.3, -0.25) is 0 Å². The van der Waals surface area contributed by atoms with Gasteiger partial charge in [-0.2, -0.15) is 5.10 Å². The number of rotatable bonds is 6. The first-order valence-electron chi connectivity index (χ1n) is 16.6. The molecule has 3 nitrogen and oxygen atoms in total. The van der Waals surface area contributed by atoms with E-state index in [1.54, 1.807) is 0 Å². The van der Waals surface area contributed by atoms with Crippen LogP contribution in [0.15, 0.2) is 188 Å². The maximum atomic E-state index is 5.38. The Morgan fingerprint density at radius 3 is 1.45 bits per heavy atom. The minimum atomic E-state index is 0.944. The summed E-state index contributed by atoms with van der Waals surface area (Å²) in [4.78, 5) is 5.17. The van der Waals surface area contributed by atoms with Crippen molar-refractivity contribution in [3.05, 3.63) is 188 Å². The molecule has 49 heavy (non-hydrogen) atoms. The summed E-state index contributed by atoms with van der Waals surface area (Å²) in [5, 5.41) is 8.82. The molecule has 2 heterocycles. The van der Waals surface area contributed by atoms with Gasteiger partial charge in [0.1, 0.15) is 5.69 Å². The highest BCUT2D eigenvalue weighted by molar-refractivity contribution is 6.20. The minimum Gasteiger partial charge on any atom is -0.248 e. The van der Waals surface area contributed by atoms with Gasteiger partial charge in [0.2, 0.25) is 0 Å². The fraction of sp³-hybridized carbons (Fsp3) is 0. The van der Waals surface area contributed by atoms with Crippen LogP contribution in [0, 0.1) is 0 Å². The van der Waals surface area contributed by atoms with Crippen LogP contribution in [0.1, 0.15) is 0 Å². The van der Waals surface area contributed by atoms with E-state index in [9.17, 15) is 0 Å². The van der Waals surface area contributed by atoms with Crippen molar-refractivity contribution in [1.82, 2.24) is 14.8 Å². The van der Waals surface area contributed by atoms with Crippen molar-refractivity contribution in [2.45, 2.75) is 0 Å². The quantitative estimate of drug-likeness (QED) is 0.184. The summed E-state index contributed by atoms with van der Waals surface area (Å²) < 4.78 is 2.13. The zero-order valence-corrected chi connectivity index (χ0v) is 26.7. The number of hydrogen-bond acceptors (Lipinski definition) is 2. The van der Waals surface area contributed by atoms with E-state index in [4.69, 9.17) is 10.1 Å². The van der Waals surface area contributed by atoms with E-state index in [0.717, 1.165) is 83.4 Å². The van der Waals surface area contributed by atoms with Gasteiger partial charge >= 0.3 is 0 Å². The zero-order valence-electron chi connectivity index (χ0n) is 26.7. The van der Waals surface area contributed by atoms with Gasteiger partial charge in [-0.25, -0.2) is 9.67 Å². The predicted molar refractivity (Wildman–Crippen MR) is 204 cm³/mol. The van der Waals surface area contributed by atoms with Gasteiger partial charge in [-0.15, -0.1) is 0 Å². The number of nitrogens with zero attached hydrogens (tertiary/aromatic N) is 3. The van der Waals surface area contributed by atoms with Crippen LogP contribution in [-0.2, 0) is 0 Å². The van der Waals surface area contributed by atoms with E-state index < -0.39 is 0 Å². The second-order valence-corrected chi connectivity index (χ2v) is 12.2. The summed E-state index contributed by atoms with van der Waals surface area (Å²) in [5.41, 5.74) is 12.8. The van der Waals surface area contributed by atoms with Gasteiger partial charge in [0.25, 0.3) is 0 Å². The van der Waals surface area contributed by atoms with Gasteiger partial charge in [-0.1, -0.05) is 158 Å². The summed E-state index contributed by atoms with van der Waals surface area (Å²) >= 11 is 0. The molecule has 0 bridgehead atoms. The van der Waals surface area contributed by atoms with E-state index in [-0.39, 0.29) is 0 Å². The number of benzene rings is 7. The van der Waals surface area contributed by atoms with E-state index in [2.05, 4.69) is 181 Å². The largest absolute Gasteiger partial charge is 0.248 e. The normalized spacial score (nSPS) is 11.3. The number of aromatic nitrogens is 3. The van der Waals surface area contributed by atoms with Crippen molar-refractivity contribution >= 4 is 21.7 Å². The van der Waals surface area contributed by atoms with Gasteiger partial charge in [-0.05, 0) is 58.0 Å². The van der Waals surface area contributed by atoms with Crippen molar-refractivity contribution in [2.75, 3.05) is 0 Å². The summed E-state index contributed by atoms with van der Waals surface area (Å²) in [6, 6.07) is 66.1.